The molecule has 0 radical (unpaired) electrons. The minimum Gasteiger partial charge on any atom is -0.336 e. The molecule has 0 aliphatic heterocycles. The fourth-order valence-corrected chi connectivity index (χ4v) is 3.69. The van der Waals surface area contributed by atoms with Crippen LogP contribution in [0.3, 0.4) is 0 Å². The zero-order chi connectivity index (χ0) is 20.1. The predicted molar refractivity (Wildman–Crippen MR) is 115 cm³/mol. The Kier molecular flexibility index (Phi) is 6.31. The number of carbonyl (C=O) groups excluding carboxylic acids is 2. The number of benzene rings is 2. The second-order valence-electron chi connectivity index (χ2n) is 6.70. The van der Waals surface area contributed by atoms with Crippen molar-refractivity contribution >= 4 is 40.2 Å². The Bertz CT molecular complexity index is 999. The summed E-state index contributed by atoms with van der Waals surface area (Å²) in [5.74, 6) is -0.0860. The number of fused-ring (bicyclic) bond motifs is 1. The number of nitrogens with zero attached hydrogens (tertiary/aromatic N) is 2. The molecule has 0 aliphatic carbocycles. The van der Waals surface area contributed by atoms with Crippen molar-refractivity contribution in [1.29, 1.82) is 0 Å². The quantitative estimate of drug-likeness (QED) is 0.642. The molecule has 28 heavy (non-hydrogen) atoms. The number of para-hydroxylation sites is 2. The van der Waals surface area contributed by atoms with E-state index in [4.69, 9.17) is 0 Å². The molecule has 0 aliphatic rings. The fraction of sp³-hybridized carbons (Fsp3) is 0.227. The number of amides is 2. The normalized spacial score (nSPS) is 10.7. The van der Waals surface area contributed by atoms with Crippen LogP contribution in [0.15, 0.2) is 59.6 Å². The summed E-state index contributed by atoms with van der Waals surface area (Å²) in [6, 6.07) is 17.6. The molecule has 1 aromatic heterocycles. The van der Waals surface area contributed by atoms with Crippen LogP contribution in [0.5, 0.6) is 0 Å². The molecule has 0 saturated heterocycles. The Morgan fingerprint density at radius 2 is 1.71 bits per heavy atom. The van der Waals surface area contributed by atoms with E-state index in [1.165, 1.54) is 16.7 Å². The highest BCUT2D eigenvalue weighted by Gasteiger charge is 2.15. The molecule has 0 saturated carbocycles. The van der Waals surface area contributed by atoms with E-state index in [1.54, 1.807) is 7.05 Å². The molecule has 0 fully saturated rings. The number of likely N-dealkylation sites (N-methyl/N-ethyl adjacent to an activating group) is 1. The van der Waals surface area contributed by atoms with Crippen LogP contribution in [0.4, 0.5) is 5.69 Å². The van der Waals surface area contributed by atoms with Crippen LogP contribution in [0, 0.1) is 13.8 Å². The van der Waals surface area contributed by atoms with Crippen LogP contribution in [0.25, 0.3) is 10.9 Å². The lowest BCUT2D eigenvalue weighted by Crippen LogP contribution is -2.36. The maximum atomic E-state index is 12.4. The number of aromatic nitrogens is 1. The van der Waals surface area contributed by atoms with Gasteiger partial charge in [0.25, 0.3) is 0 Å². The van der Waals surface area contributed by atoms with Crippen LogP contribution in [-0.4, -0.2) is 41.0 Å². The molecule has 6 heteroatoms. The van der Waals surface area contributed by atoms with E-state index < -0.39 is 0 Å². The molecule has 0 unspecified atom stereocenters. The van der Waals surface area contributed by atoms with Crippen molar-refractivity contribution < 1.29 is 9.59 Å². The van der Waals surface area contributed by atoms with Crippen LogP contribution < -0.4 is 5.32 Å². The number of nitrogens with one attached hydrogen (secondary N) is 1. The second kappa shape index (κ2) is 8.89. The molecule has 5 nitrogen and oxygen atoms in total. The summed E-state index contributed by atoms with van der Waals surface area (Å²) < 4.78 is 0. The zero-order valence-corrected chi connectivity index (χ0v) is 17.0. The third-order valence-electron chi connectivity index (χ3n) is 4.47. The van der Waals surface area contributed by atoms with E-state index in [1.807, 2.05) is 68.4 Å². The molecule has 2 aromatic carbocycles. The number of aryl methyl sites for hydroxylation is 2. The first-order chi connectivity index (χ1) is 13.4. The third kappa shape index (κ3) is 4.89. The van der Waals surface area contributed by atoms with Gasteiger partial charge >= 0.3 is 0 Å². The minimum absolute atomic E-state index is 0.0122. The number of rotatable bonds is 6. The fourth-order valence-electron chi connectivity index (χ4n) is 2.87. The monoisotopic (exact) mass is 393 g/mol. The molecule has 0 spiro atoms. The number of thioether (sulfide) groups is 1. The topological polar surface area (TPSA) is 62.3 Å². The van der Waals surface area contributed by atoms with Gasteiger partial charge in [0.05, 0.1) is 22.8 Å². The second-order valence-corrected chi connectivity index (χ2v) is 7.69. The summed E-state index contributed by atoms with van der Waals surface area (Å²) in [5, 5.41) is 4.77. The van der Waals surface area contributed by atoms with Crippen molar-refractivity contribution in [3.8, 4) is 0 Å². The van der Waals surface area contributed by atoms with Gasteiger partial charge in [-0.15, -0.1) is 0 Å². The predicted octanol–water partition coefficient (Wildman–Crippen LogP) is 4.04. The lowest BCUT2D eigenvalue weighted by atomic mass is 10.1. The van der Waals surface area contributed by atoms with Crippen LogP contribution in [0.1, 0.15) is 11.1 Å². The summed E-state index contributed by atoms with van der Waals surface area (Å²) in [6.07, 6.45) is 0. The van der Waals surface area contributed by atoms with Gasteiger partial charge in [-0.2, -0.15) is 0 Å². The molecule has 3 rings (SSSR count). The van der Waals surface area contributed by atoms with Crippen LogP contribution >= 0.6 is 11.8 Å². The van der Waals surface area contributed by atoms with Gasteiger partial charge in [-0.25, -0.2) is 4.98 Å². The molecular formula is C22H23N3O2S. The van der Waals surface area contributed by atoms with Gasteiger partial charge in [-0.05, 0) is 37.1 Å². The van der Waals surface area contributed by atoms with E-state index in [2.05, 4.69) is 10.3 Å². The molecule has 3 aromatic rings. The smallest absolute Gasteiger partial charge is 0.243 e. The zero-order valence-electron chi connectivity index (χ0n) is 16.2. The summed E-state index contributed by atoms with van der Waals surface area (Å²) in [4.78, 5) is 30.7. The summed E-state index contributed by atoms with van der Waals surface area (Å²) >= 11 is 1.37. The lowest BCUT2D eigenvalue weighted by molar-refractivity contribution is -0.131. The Morgan fingerprint density at radius 1 is 1.00 bits per heavy atom. The van der Waals surface area contributed by atoms with Crippen molar-refractivity contribution in [3.05, 3.63) is 65.7 Å². The van der Waals surface area contributed by atoms with Crippen molar-refractivity contribution in [2.75, 3.05) is 24.7 Å². The lowest BCUT2D eigenvalue weighted by Gasteiger charge is -2.18. The standard InChI is InChI=1S/C22H23N3O2S/c1-15-7-6-8-16(2)22(15)24-19(26)13-25(3)21(27)14-28-20-12-11-17-9-4-5-10-18(17)23-20/h4-12H,13-14H2,1-3H3,(H,24,26). The van der Waals surface area contributed by atoms with Gasteiger partial charge in [0.2, 0.25) is 11.8 Å². The Morgan fingerprint density at radius 3 is 2.46 bits per heavy atom. The van der Waals surface area contributed by atoms with Crippen LogP contribution in [-0.2, 0) is 9.59 Å². The molecule has 144 valence electrons. The van der Waals surface area contributed by atoms with Gasteiger partial charge < -0.3 is 10.2 Å². The first-order valence-electron chi connectivity index (χ1n) is 9.02. The Hall–Kier alpha value is -2.86. The summed E-state index contributed by atoms with van der Waals surface area (Å²) in [5.41, 5.74) is 3.71. The Labute approximate surface area is 169 Å². The van der Waals surface area contributed by atoms with E-state index in [0.29, 0.717) is 0 Å². The average Bonchev–Trinajstić information content (AvgIpc) is 2.68. The number of carbonyl (C=O) groups is 2. The molecule has 0 bridgehead atoms. The van der Waals surface area contributed by atoms with Crippen LogP contribution in [0.2, 0.25) is 0 Å². The highest BCUT2D eigenvalue weighted by Crippen LogP contribution is 2.21. The van der Waals surface area contributed by atoms with E-state index in [9.17, 15) is 9.59 Å². The maximum Gasteiger partial charge on any atom is 0.243 e. The first-order valence-corrected chi connectivity index (χ1v) is 10.0. The number of anilines is 1. The number of pyridine rings is 1. The molecule has 1 N–H and O–H groups in total. The average molecular weight is 394 g/mol. The minimum atomic E-state index is -0.206. The molecular weight excluding hydrogens is 370 g/mol. The van der Waals surface area contributed by atoms with Gasteiger partial charge in [0.1, 0.15) is 0 Å². The highest BCUT2D eigenvalue weighted by molar-refractivity contribution is 7.99. The van der Waals surface area contributed by atoms with Gasteiger partial charge in [0, 0.05) is 18.1 Å². The highest BCUT2D eigenvalue weighted by atomic mass is 32.2. The van der Waals surface area contributed by atoms with E-state index in [-0.39, 0.29) is 24.1 Å². The summed E-state index contributed by atoms with van der Waals surface area (Å²) in [6.45, 7) is 3.91. The van der Waals surface area contributed by atoms with Crippen molar-refractivity contribution in [2.45, 2.75) is 18.9 Å². The SMILES string of the molecule is Cc1cccc(C)c1NC(=O)CN(C)C(=O)CSc1ccc2ccccc2n1. The van der Waals surface area contributed by atoms with Crippen molar-refractivity contribution in [1.82, 2.24) is 9.88 Å². The number of hydrogen-bond donors (Lipinski definition) is 1. The van der Waals surface area contributed by atoms with Crippen molar-refractivity contribution in [3.63, 3.8) is 0 Å². The van der Waals surface area contributed by atoms with Gasteiger partial charge in [0.15, 0.2) is 0 Å². The van der Waals surface area contributed by atoms with Gasteiger partial charge in [-0.1, -0.05) is 54.2 Å². The Balaban J connectivity index is 1.54. The molecule has 2 amide bonds. The molecule has 1 heterocycles. The van der Waals surface area contributed by atoms with Gasteiger partial charge in [-0.3, -0.25) is 9.59 Å². The summed E-state index contributed by atoms with van der Waals surface area (Å²) in [7, 11) is 1.64. The first kappa shape index (κ1) is 19.9. The maximum absolute atomic E-state index is 12.4. The number of hydrogen-bond acceptors (Lipinski definition) is 4. The third-order valence-corrected chi connectivity index (χ3v) is 5.38. The van der Waals surface area contributed by atoms with E-state index in [0.717, 1.165) is 32.7 Å². The molecule has 0 atom stereocenters. The van der Waals surface area contributed by atoms with E-state index >= 15 is 0 Å². The van der Waals surface area contributed by atoms with Crippen molar-refractivity contribution in [2.24, 2.45) is 0 Å². The largest absolute Gasteiger partial charge is 0.336 e.